The smallest absolute Gasteiger partial charge is 0.327 e. The van der Waals surface area contributed by atoms with Crippen LogP contribution in [0.3, 0.4) is 0 Å². The fraction of sp³-hybridized carbons (Fsp3) is 0.857. The fourth-order valence-electron chi connectivity index (χ4n) is 3.01. The van der Waals surface area contributed by atoms with E-state index in [2.05, 4.69) is 5.32 Å². The Morgan fingerprint density at radius 2 is 2.10 bits per heavy atom. The largest absolute Gasteiger partial charge is 0.480 e. The second kappa shape index (κ2) is 5.93. The Bertz CT molecular complexity index is 394. The third-order valence-electron chi connectivity index (χ3n) is 4.22. The molecular weight excluding hydrogens is 276 g/mol. The molecule has 0 spiro atoms. The molecule has 2 aliphatic rings. The number of thioether (sulfide) groups is 1. The van der Waals surface area contributed by atoms with Gasteiger partial charge in [-0.2, -0.15) is 0 Å². The van der Waals surface area contributed by atoms with Crippen LogP contribution in [0.5, 0.6) is 0 Å². The van der Waals surface area contributed by atoms with E-state index in [0.29, 0.717) is 5.75 Å². The molecule has 0 aromatic heterocycles. The minimum atomic E-state index is -0.895. The average Bonchev–Trinajstić information content (AvgIpc) is 2.83. The second-order valence-corrected chi connectivity index (χ2v) is 7.40. The molecule has 0 aromatic rings. The predicted octanol–water partition coefficient (Wildman–Crippen LogP) is 1.53. The van der Waals surface area contributed by atoms with Crippen LogP contribution < -0.4 is 5.32 Å². The van der Waals surface area contributed by atoms with Crippen molar-refractivity contribution in [2.24, 2.45) is 5.92 Å². The summed E-state index contributed by atoms with van der Waals surface area (Å²) in [5, 5.41) is 12.6. The van der Waals surface area contributed by atoms with Gasteiger partial charge in [-0.1, -0.05) is 13.8 Å². The van der Waals surface area contributed by atoms with Crippen LogP contribution >= 0.6 is 11.8 Å². The lowest BCUT2D eigenvalue weighted by Gasteiger charge is -2.40. The Morgan fingerprint density at radius 3 is 2.60 bits per heavy atom. The highest BCUT2D eigenvalue weighted by Crippen LogP contribution is 2.36. The topological polar surface area (TPSA) is 69.6 Å². The van der Waals surface area contributed by atoms with Crippen molar-refractivity contribution in [2.75, 3.05) is 12.3 Å². The van der Waals surface area contributed by atoms with E-state index in [1.165, 1.54) is 0 Å². The number of carboxylic acid groups (broad SMARTS) is 1. The van der Waals surface area contributed by atoms with Crippen LogP contribution in [0.1, 0.15) is 40.0 Å². The molecule has 3 atom stereocenters. The number of aliphatic carboxylic acids is 1. The molecule has 6 heteroatoms. The monoisotopic (exact) mass is 300 g/mol. The van der Waals surface area contributed by atoms with Crippen LogP contribution in [0, 0.1) is 5.92 Å². The van der Waals surface area contributed by atoms with E-state index in [9.17, 15) is 14.7 Å². The van der Waals surface area contributed by atoms with E-state index in [1.807, 2.05) is 20.8 Å². The summed E-state index contributed by atoms with van der Waals surface area (Å²) in [5.41, 5.74) is -0.607. The van der Waals surface area contributed by atoms with Crippen LogP contribution in [0.25, 0.3) is 0 Å². The zero-order valence-corrected chi connectivity index (χ0v) is 13.2. The molecule has 2 N–H and O–H groups in total. The number of piperidine rings is 1. The Labute approximate surface area is 124 Å². The number of hydrogen-bond donors (Lipinski definition) is 2. The van der Waals surface area contributed by atoms with Crippen molar-refractivity contribution in [3.63, 3.8) is 0 Å². The third kappa shape index (κ3) is 2.81. The first kappa shape index (κ1) is 15.6. The first-order valence-electron chi connectivity index (χ1n) is 7.29. The molecular formula is C14H24N2O3S. The summed E-state index contributed by atoms with van der Waals surface area (Å²) in [6, 6.07) is -0.694. The second-order valence-electron chi connectivity index (χ2n) is 6.25. The molecule has 0 saturated carbocycles. The van der Waals surface area contributed by atoms with E-state index >= 15 is 0 Å². The highest BCUT2D eigenvalue weighted by Gasteiger charge is 2.48. The van der Waals surface area contributed by atoms with Crippen molar-refractivity contribution in [3.8, 4) is 0 Å². The number of carbonyl (C=O) groups excluding carboxylic acids is 1. The zero-order valence-electron chi connectivity index (χ0n) is 12.4. The highest BCUT2D eigenvalue weighted by atomic mass is 32.2. The van der Waals surface area contributed by atoms with Crippen molar-refractivity contribution in [1.29, 1.82) is 0 Å². The minimum absolute atomic E-state index is 0.0378. The summed E-state index contributed by atoms with van der Waals surface area (Å²) in [6.07, 6.45) is 2.87. The maximum absolute atomic E-state index is 12.9. The molecule has 2 saturated heterocycles. The first-order chi connectivity index (χ1) is 9.37. The number of carboxylic acids is 1. The van der Waals surface area contributed by atoms with Crippen molar-refractivity contribution in [3.05, 3.63) is 0 Å². The van der Waals surface area contributed by atoms with Gasteiger partial charge in [0.1, 0.15) is 6.04 Å². The highest BCUT2D eigenvalue weighted by molar-refractivity contribution is 8.00. The molecule has 2 aliphatic heterocycles. The number of amides is 1. The lowest BCUT2D eigenvalue weighted by atomic mass is 9.88. The van der Waals surface area contributed by atoms with Gasteiger partial charge in [0.25, 0.3) is 0 Å². The predicted molar refractivity (Wildman–Crippen MR) is 79.6 cm³/mol. The van der Waals surface area contributed by atoms with Gasteiger partial charge in [-0.15, -0.1) is 11.8 Å². The molecule has 0 aliphatic carbocycles. The van der Waals surface area contributed by atoms with Gasteiger partial charge in [0.2, 0.25) is 5.91 Å². The van der Waals surface area contributed by atoms with E-state index in [0.717, 1.165) is 25.8 Å². The van der Waals surface area contributed by atoms with E-state index < -0.39 is 17.6 Å². The molecule has 2 rings (SSSR count). The van der Waals surface area contributed by atoms with Crippen LogP contribution in [-0.2, 0) is 9.59 Å². The van der Waals surface area contributed by atoms with Crippen LogP contribution in [-0.4, -0.2) is 51.1 Å². The standard InChI is InChI=1S/C14H24N2O3S/c1-9(2)11-16(10(8-20-11)12(17)18)13(19)14(3)6-4-5-7-15-14/h9-11,15H,4-8H2,1-3H3,(H,17,18). The van der Waals surface area contributed by atoms with Gasteiger partial charge in [0.05, 0.1) is 10.9 Å². The summed E-state index contributed by atoms with van der Waals surface area (Å²) >= 11 is 1.58. The fourth-order valence-corrected chi connectivity index (χ4v) is 4.48. The van der Waals surface area contributed by atoms with Crippen molar-refractivity contribution in [2.45, 2.75) is 57.0 Å². The van der Waals surface area contributed by atoms with Crippen LogP contribution in [0.2, 0.25) is 0 Å². The molecule has 1 amide bonds. The zero-order chi connectivity index (χ0) is 14.9. The summed E-state index contributed by atoms with van der Waals surface area (Å²) in [5.74, 6) is -0.206. The van der Waals surface area contributed by atoms with E-state index in [-0.39, 0.29) is 17.2 Å². The Kier molecular flexibility index (Phi) is 4.64. The molecule has 3 unspecified atom stereocenters. The lowest BCUT2D eigenvalue weighted by Crippen LogP contribution is -2.61. The average molecular weight is 300 g/mol. The molecule has 2 heterocycles. The Morgan fingerprint density at radius 1 is 1.40 bits per heavy atom. The molecule has 0 aromatic carbocycles. The molecule has 0 bridgehead atoms. The Hall–Kier alpha value is -0.750. The summed E-state index contributed by atoms with van der Waals surface area (Å²) in [7, 11) is 0. The van der Waals surface area contributed by atoms with Crippen molar-refractivity contribution >= 4 is 23.6 Å². The number of carbonyl (C=O) groups is 2. The van der Waals surface area contributed by atoms with Crippen LogP contribution in [0.4, 0.5) is 0 Å². The van der Waals surface area contributed by atoms with Gasteiger partial charge < -0.3 is 15.3 Å². The number of hydrogen-bond acceptors (Lipinski definition) is 4. The van der Waals surface area contributed by atoms with Crippen molar-refractivity contribution in [1.82, 2.24) is 10.2 Å². The van der Waals surface area contributed by atoms with Gasteiger partial charge in [-0.3, -0.25) is 4.79 Å². The third-order valence-corrected chi connectivity index (χ3v) is 5.84. The van der Waals surface area contributed by atoms with E-state index in [4.69, 9.17) is 0 Å². The normalized spacial score (nSPS) is 34.5. The maximum atomic E-state index is 12.9. The molecule has 2 fully saturated rings. The van der Waals surface area contributed by atoms with Crippen molar-refractivity contribution < 1.29 is 14.7 Å². The summed E-state index contributed by atoms with van der Waals surface area (Å²) < 4.78 is 0. The summed E-state index contributed by atoms with van der Waals surface area (Å²) in [4.78, 5) is 26.0. The van der Waals surface area contributed by atoms with Crippen LogP contribution in [0.15, 0.2) is 0 Å². The quantitative estimate of drug-likeness (QED) is 0.827. The van der Waals surface area contributed by atoms with E-state index in [1.54, 1.807) is 16.7 Å². The number of nitrogens with zero attached hydrogens (tertiary/aromatic N) is 1. The van der Waals surface area contributed by atoms with Gasteiger partial charge in [0.15, 0.2) is 0 Å². The SMILES string of the molecule is CC(C)C1SCC(C(=O)O)N1C(=O)C1(C)CCCCN1. The Balaban J connectivity index is 2.24. The first-order valence-corrected chi connectivity index (χ1v) is 8.34. The minimum Gasteiger partial charge on any atom is -0.480 e. The van der Waals surface area contributed by atoms with Gasteiger partial charge >= 0.3 is 5.97 Å². The van der Waals surface area contributed by atoms with Gasteiger partial charge in [0, 0.05) is 5.75 Å². The van der Waals surface area contributed by atoms with Gasteiger partial charge in [-0.25, -0.2) is 4.79 Å². The number of nitrogens with one attached hydrogen (secondary N) is 1. The summed E-state index contributed by atoms with van der Waals surface area (Å²) in [6.45, 7) is 6.82. The molecule has 114 valence electrons. The maximum Gasteiger partial charge on any atom is 0.327 e. The lowest BCUT2D eigenvalue weighted by molar-refractivity contribution is -0.153. The van der Waals surface area contributed by atoms with Gasteiger partial charge in [-0.05, 0) is 38.6 Å². The molecule has 20 heavy (non-hydrogen) atoms. The molecule has 5 nitrogen and oxygen atoms in total. The molecule has 0 radical (unpaired) electrons. The number of rotatable bonds is 3.